The van der Waals surface area contributed by atoms with Crippen molar-refractivity contribution in [1.82, 2.24) is 42.1 Å². The number of hydrogen-bond acceptors (Lipinski definition) is 21. The van der Waals surface area contributed by atoms with Gasteiger partial charge in [0.2, 0.25) is 53.2 Å². The Balaban J connectivity index is 2.48. The molecule has 1 fully saturated rings. The molecule has 1 aromatic carbocycles. The Hall–Kier alpha value is -8.34. The monoisotopic (exact) mass is 1500 g/mol. The molecule has 1 aliphatic rings. The lowest BCUT2D eigenvalue weighted by Crippen LogP contribution is -2.59. The van der Waals surface area contributed by atoms with E-state index in [1.54, 1.807) is 13.2 Å². The van der Waals surface area contributed by atoms with Crippen LogP contribution in [0, 0.1) is 40.9 Å². The standard InChI is InChI=1S/C71H120N16O17S/c1-40(2)32-53(62(76)96)84-65(99)46(18-14-29-79-71(77)78)36-57(91)51(34-44-22-24-47(90)25-23-44)82-64(98)45(17-11-13-28-73)35-58(92)52(38-61(94)95)83-66(100)48(43(6)89)37-59(93)49(26-31-105-7)80-68(102)55(39-88)86-67(101)50(19-8-9-21-60(74)75)81-69(103)56-20-15-30-87(56)70(104)54(33-41(3)4)85-63(97)42(5)16-10-12-27-72/h22-25,40-43,45-46,48-56,88-90H,8-21,26-39,72-73H2,1-7H3,(H3,74,75)(H2,76,96)(H,80,102)(H,81,103)(H,82,98)(H,83,100)(H,84,99)(H,85,97)(H,86,101)(H,94,95)(H4,77,78,79)/t42-,43+,45+,46+,48-,49-,50-,51-,52-,53-,54-,55-,56+/m0/s1. The van der Waals surface area contributed by atoms with E-state index in [1.807, 2.05) is 27.7 Å². The first kappa shape index (κ1) is 92.7. The average molecular weight is 1500 g/mol. The first-order valence-corrected chi connectivity index (χ1v) is 37.8. The van der Waals surface area contributed by atoms with E-state index in [0.717, 1.165) is 19.8 Å². The van der Waals surface area contributed by atoms with E-state index in [2.05, 4.69) is 42.2 Å². The number of aromatic hydroxyl groups is 1. The molecule has 34 heteroatoms. The molecule has 1 heterocycles. The van der Waals surface area contributed by atoms with Crippen molar-refractivity contribution in [3.63, 3.8) is 0 Å². The zero-order valence-electron chi connectivity index (χ0n) is 62.1. The van der Waals surface area contributed by atoms with E-state index in [-0.39, 0.29) is 138 Å². The van der Waals surface area contributed by atoms with Gasteiger partial charge in [-0.05, 0) is 151 Å². The highest BCUT2D eigenvalue weighted by Crippen LogP contribution is 2.25. The molecule has 105 heavy (non-hydrogen) atoms. The van der Waals surface area contributed by atoms with Crippen molar-refractivity contribution in [2.45, 2.75) is 237 Å². The smallest absolute Gasteiger partial charge is 0.305 e. The summed E-state index contributed by atoms with van der Waals surface area (Å²) in [6, 6.07) is -5.24. The number of carboxylic acids is 1. The maximum Gasteiger partial charge on any atom is 0.305 e. The average Bonchev–Trinajstić information content (AvgIpc) is 1.80. The van der Waals surface area contributed by atoms with Crippen molar-refractivity contribution in [3.05, 3.63) is 29.8 Å². The number of aliphatic hydroxyl groups is 2. The highest BCUT2D eigenvalue weighted by Gasteiger charge is 2.41. The lowest BCUT2D eigenvalue weighted by atomic mass is 9.88. The fourth-order valence-electron chi connectivity index (χ4n) is 12.2. The lowest BCUT2D eigenvalue weighted by Gasteiger charge is -2.31. The van der Waals surface area contributed by atoms with E-state index < -0.39 is 181 Å². The molecule has 0 saturated carbocycles. The number of nitrogens with zero attached hydrogens (tertiary/aromatic N) is 2. The third-order valence-electron chi connectivity index (χ3n) is 18.2. The van der Waals surface area contributed by atoms with Crippen LogP contribution in [0.5, 0.6) is 5.75 Å². The summed E-state index contributed by atoms with van der Waals surface area (Å²) in [5.74, 6) is -15.9. The highest BCUT2D eigenvalue weighted by atomic mass is 32.2. The van der Waals surface area contributed by atoms with Crippen LogP contribution in [0.25, 0.3) is 0 Å². The fraction of sp³-hybridized carbons (Fsp3) is 0.704. The summed E-state index contributed by atoms with van der Waals surface area (Å²) in [5.41, 5.74) is 34.2. The maximum atomic E-state index is 14.6. The number of amidine groups is 1. The van der Waals surface area contributed by atoms with Crippen LogP contribution >= 0.6 is 11.8 Å². The minimum Gasteiger partial charge on any atom is -0.508 e. The number of amides is 9. The van der Waals surface area contributed by atoms with Gasteiger partial charge in [-0.3, -0.25) is 72.7 Å². The molecular formula is C71H120N16O17S. The van der Waals surface area contributed by atoms with Crippen LogP contribution in [0.15, 0.2) is 29.3 Å². The maximum absolute atomic E-state index is 14.6. The van der Waals surface area contributed by atoms with Crippen molar-refractivity contribution in [2.75, 3.05) is 44.8 Å². The Bertz CT molecular complexity index is 3050. The number of nitrogens with one attached hydrogen (secondary N) is 8. The van der Waals surface area contributed by atoms with Gasteiger partial charge in [0, 0.05) is 56.5 Å². The molecule has 0 aromatic heterocycles. The largest absolute Gasteiger partial charge is 0.508 e. The first-order valence-electron chi connectivity index (χ1n) is 36.4. The van der Waals surface area contributed by atoms with Gasteiger partial charge in [0.05, 0.1) is 49.0 Å². The second kappa shape index (κ2) is 49.4. The molecule has 0 unspecified atom stereocenters. The van der Waals surface area contributed by atoms with Gasteiger partial charge in [-0.15, -0.1) is 0 Å². The molecule has 9 amide bonds. The fourth-order valence-corrected chi connectivity index (χ4v) is 12.6. The number of rotatable bonds is 55. The van der Waals surface area contributed by atoms with Crippen LogP contribution in [0.4, 0.5) is 0 Å². The Morgan fingerprint density at radius 1 is 0.581 bits per heavy atom. The Morgan fingerprint density at radius 2 is 1.10 bits per heavy atom. The van der Waals surface area contributed by atoms with Gasteiger partial charge in [0.1, 0.15) is 36.0 Å². The number of carbonyl (C=O) groups is 13. The molecule has 0 spiro atoms. The minimum absolute atomic E-state index is 0.0262. The van der Waals surface area contributed by atoms with E-state index in [9.17, 15) is 82.8 Å². The molecule has 0 aliphatic carbocycles. The number of nitrogens with two attached hydrogens (primary N) is 6. The summed E-state index contributed by atoms with van der Waals surface area (Å²) in [6.45, 7) is 10.2. The quantitative estimate of drug-likeness (QED) is 0.0225. The van der Waals surface area contributed by atoms with Gasteiger partial charge in [0.15, 0.2) is 23.3 Å². The van der Waals surface area contributed by atoms with Gasteiger partial charge in [-0.25, -0.2) is 0 Å². The number of likely N-dealkylation sites (tertiary alicyclic amines) is 1. The number of carbonyl (C=O) groups excluding carboxylic acids is 12. The predicted molar refractivity (Wildman–Crippen MR) is 397 cm³/mol. The van der Waals surface area contributed by atoms with E-state index in [1.165, 1.54) is 40.9 Å². The van der Waals surface area contributed by atoms with Crippen LogP contribution in [-0.4, -0.2) is 213 Å². The van der Waals surface area contributed by atoms with Crippen LogP contribution in [0.1, 0.15) is 182 Å². The second-order valence-electron chi connectivity index (χ2n) is 28.2. The third-order valence-corrected chi connectivity index (χ3v) is 18.8. The Labute approximate surface area is 620 Å². The number of thioether (sulfide) groups is 1. The normalized spacial score (nSPS) is 16.2. The molecule has 33 nitrogen and oxygen atoms in total. The topological polar surface area (TPSA) is 583 Å². The van der Waals surface area contributed by atoms with Gasteiger partial charge in [0.25, 0.3) is 0 Å². The summed E-state index contributed by atoms with van der Waals surface area (Å²) in [6.07, 6.45) is 1.29. The van der Waals surface area contributed by atoms with Gasteiger partial charge < -0.3 is 96.9 Å². The molecule has 1 aliphatic heterocycles. The SMILES string of the molecule is CSCC[C@H](NC(=O)[C@H](CO)NC(=O)[C@H](CCCCC(=N)N)NC(=O)[C@H]1CCCN1C(=O)[C@H](CC(C)C)NC(=O)[C@@H](C)CCCCN)C(=O)C[C@H](C(=O)N[C@@H](CC(=O)O)C(=O)C[C@@H](CCCCN)C(=O)N[C@@H](Cc1ccc(O)cc1)C(=O)C[C@@H](CCCN=C(N)N)C(=O)N[C@@H](CC(C)C)C(N)=O)[C@@H](C)O. The summed E-state index contributed by atoms with van der Waals surface area (Å²) >= 11 is 1.27. The molecule has 24 N–H and O–H groups in total. The number of guanidine groups is 1. The van der Waals surface area contributed by atoms with E-state index >= 15 is 0 Å². The molecular weight excluding hydrogens is 1380 g/mol. The third kappa shape index (κ3) is 35.5. The zero-order valence-corrected chi connectivity index (χ0v) is 62.9. The van der Waals surface area contributed by atoms with Crippen molar-refractivity contribution < 1.29 is 82.8 Å². The summed E-state index contributed by atoms with van der Waals surface area (Å²) < 4.78 is 0. The van der Waals surface area contributed by atoms with Crippen molar-refractivity contribution >= 4 is 100 Å². The Kier molecular flexibility index (Phi) is 43.7. The number of carboxylic acid groups (broad SMARTS) is 1. The summed E-state index contributed by atoms with van der Waals surface area (Å²) in [5, 5.41) is 67.9. The number of unbranched alkanes of at least 4 members (excludes halogenated alkanes) is 3. The number of ketones is 3. The number of benzene rings is 1. The molecule has 592 valence electrons. The van der Waals surface area contributed by atoms with Crippen molar-refractivity contribution in [2.24, 2.45) is 74.9 Å². The number of aliphatic carboxylic acids is 1. The number of hydrogen-bond donors (Lipinski definition) is 18. The molecule has 1 aromatic rings. The lowest BCUT2D eigenvalue weighted by molar-refractivity contribution is -0.143. The number of aliphatic hydroxyl groups excluding tert-OH is 2. The number of phenols is 1. The summed E-state index contributed by atoms with van der Waals surface area (Å²) in [4.78, 5) is 187. The van der Waals surface area contributed by atoms with E-state index in [4.69, 9.17) is 39.8 Å². The van der Waals surface area contributed by atoms with Crippen molar-refractivity contribution in [3.8, 4) is 5.75 Å². The van der Waals surface area contributed by atoms with Gasteiger partial charge in [-0.2, -0.15) is 11.8 Å². The van der Waals surface area contributed by atoms with Crippen LogP contribution < -0.4 is 71.6 Å². The van der Waals surface area contributed by atoms with Crippen LogP contribution in [0.3, 0.4) is 0 Å². The van der Waals surface area contributed by atoms with Gasteiger partial charge >= 0.3 is 5.97 Å². The number of aliphatic imine (C=N–C) groups is 1. The number of Topliss-reactive ketones (excluding diaryl/α,β-unsaturated/α-hetero) is 3. The van der Waals surface area contributed by atoms with E-state index in [0.29, 0.717) is 37.8 Å². The molecule has 0 bridgehead atoms. The number of primary amides is 1. The second-order valence-corrected chi connectivity index (χ2v) is 29.1. The first-order chi connectivity index (χ1) is 49.6. The zero-order chi connectivity index (χ0) is 79.0. The predicted octanol–water partition coefficient (Wildman–Crippen LogP) is -0.332. The summed E-state index contributed by atoms with van der Waals surface area (Å²) in [7, 11) is 0. The Morgan fingerprint density at radius 3 is 1.64 bits per heavy atom. The molecule has 1 saturated heterocycles. The molecule has 2 rings (SSSR count). The van der Waals surface area contributed by atoms with Crippen LogP contribution in [0.2, 0.25) is 0 Å². The molecule has 0 radical (unpaired) electrons. The van der Waals surface area contributed by atoms with Crippen molar-refractivity contribution in [1.29, 1.82) is 5.41 Å². The minimum atomic E-state index is -1.88. The van der Waals surface area contributed by atoms with Gasteiger partial charge in [-0.1, -0.05) is 66.0 Å². The molecule has 13 atom stereocenters. The highest BCUT2D eigenvalue weighted by molar-refractivity contribution is 7.98. The number of phenolic OH excluding ortho intramolecular Hbond substituents is 1. The van der Waals surface area contributed by atoms with Crippen LogP contribution in [-0.2, 0) is 68.7 Å².